The summed E-state index contributed by atoms with van der Waals surface area (Å²) in [5, 5.41) is 0. The molecule has 0 aromatic heterocycles. The second kappa shape index (κ2) is 14.1. The molecule has 2 aromatic rings. The first-order valence-corrected chi connectivity index (χ1v) is 14.8. The van der Waals surface area contributed by atoms with Gasteiger partial charge in [-0.15, -0.1) is 0 Å². The molecular formula is C31H42N6O7. The van der Waals surface area contributed by atoms with Crippen molar-refractivity contribution < 1.29 is 33.4 Å². The van der Waals surface area contributed by atoms with Crippen LogP contribution >= 0.6 is 0 Å². The number of carbonyl (C=O) groups is 4. The summed E-state index contributed by atoms with van der Waals surface area (Å²) in [6.07, 6.45) is 1.45. The van der Waals surface area contributed by atoms with E-state index in [1.807, 2.05) is 60.0 Å². The van der Waals surface area contributed by atoms with Gasteiger partial charge in [-0.05, 0) is 60.4 Å². The molecule has 2 fully saturated rings. The number of methoxy groups -OCH3 is 1. The molecule has 13 heteroatoms. The van der Waals surface area contributed by atoms with E-state index < -0.39 is 0 Å². The van der Waals surface area contributed by atoms with Crippen molar-refractivity contribution in [1.82, 2.24) is 6.15 Å². The maximum atomic E-state index is 12.0. The summed E-state index contributed by atoms with van der Waals surface area (Å²) < 4.78 is 15.5. The van der Waals surface area contributed by atoms with Crippen molar-refractivity contribution in [2.24, 2.45) is 5.73 Å². The van der Waals surface area contributed by atoms with Gasteiger partial charge >= 0.3 is 12.2 Å². The third-order valence-electron chi connectivity index (χ3n) is 8.11. The fourth-order valence-electron chi connectivity index (χ4n) is 5.87. The van der Waals surface area contributed by atoms with Crippen LogP contribution in [0.5, 0.6) is 0 Å². The molecule has 4 amide bonds. The van der Waals surface area contributed by atoms with Crippen LogP contribution < -0.4 is 31.5 Å². The molecule has 5 N–H and O–H groups in total. The van der Waals surface area contributed by atoms with Crippen LogP contribution in [0.4, 0.5) is 32.3 Å². The lowest BCUT2D eigenvalue weighted by molar-refractivity contribution is -0.119. The lowest BCUT2D eigenvalue weighted by Crippen LogP contribution is -2.28. The SMILES string of the molecule is CCC(=O)N1CCc2cc(N3C[C@H](CN)OC3=O)ccc21.CCC(=O)N1CCc2cc(N3C[C@H](COC)OC3=O)ccc21.N. The largest absolute Gasteiger partial charge is 0.443 e. The van der Waals surface area contributed by atoms with Crippen molar-refractivity contribution >= 4 is 46.8 Å². The number of nitrogens with two attached hydrogens (primary N) is 1. The highest BCUT2D eigenvalue weighted by atomic mass is 16.6. The third kappa shape index (κ3) is 6.49. The van der Waals surface area contributed by atoms with Gasteiger partial charge in [0.15, 0.2) is 0 Å². The van der Waals surface area contributed by atoms with E-state index in [4.69, 9.17) is 19.9 Å². The maximum Gasteiger partial charge on any atom is 0.414 e. The molecule has 0 spiro atoms. The number of carbonyl (C=O) groups excluding carboxylic acids is 4. The third-order valence-corrected chi connectivity index (χ3v) is 8.11. The molecule has 2 aromatic carbocycles. The van der Waals surface area contributed by atoms with E-state index in [1.165, 1.54) is 0 Å². The predicted molar refractivity (Wildman–Crippen MR) is 167 cm³/mol. The molecule has 2 saturated heterocycles. The number of amides is 4. The van der Waals surface area contributed by atoms with Crippen LogP contribution in [0, 0.1) is 0 Å². The highest BCUT2D eigenvalue weighted by Crippen LogP contribution is 2.35. The molecule has 4 aliphatic rings. The van der Waals surface area contributed by atoms with Gasteiger partial charge < -0.3 is 35.9 Å². The molecular weight excluding hydrogens is 568 g/mol. The molecule has 0 radical (unpaired) electrons. The van der Waals surface area contributed by atoms with Crippen LogP contribution in [0.3, 0.4) is 0 Å². The summed E-state index contributed by atoms with van der Waals surface area (Å²) in [7, 11) is 1.59. The fourth-order valence-corrected chi connectivity index (χ4v) is 5.87. The Morgan fingerprint density at radius 1 is 0.818 bits per heavy atom. The number of ether oxygens (including phenoxy) is 3. The Balaban J connectivity index is 0.000000197. The van der Waals surface area contributed by atoms with E-state index in [0.29, 0.717) is 52.2 Å². The van der Waals surface area contributed by atoms with Gasteiger partial charge in [0.1, 0.15) is 12.2 Å². The van der Waals surface area contributed by atoms with E-state index in [1.54, 1.807) is 16.9 Å². The zero-order valence-electron chi connectivity index (χ0n) is 25.6. The van der Waals surface area contributed by atoms with Gasteiger partial charge in [0.25, 0.3) is 0 Å². The summed E-state index contributed by atoms with van der Waals surface area (Å²) >= 11 is 0. The van der Waals surface area contributed by atoms with Crippen LogP contribution in [-0.4, -0.2) is 82.6 Å². The molecule has 0 bridgehead atoms. The van der Waals surface area contributed by atoms with E-state index in [9.17, 15) is 19.2 Å². The molecule has 6 rings (SSSR count). The second-order valence-electron chi connectivity index (χ2n) is 10.8. The number of cyclic esters (lactones) is 2. The average Bonchev–Trinajstić information content (AvgIpc) is 3.81. The number of benzene rings is 2. The average molecular weight is 611 g/mol. The van der Waals surface area contributed by atoms with Crippen LogP contribution in [0.1, 0.15) is 37.8 Å². The van der Waals surface area contributed by atoms with Gasteiger partial charge in [-0.25, -0.2) is 9.59 Å². The molecule has 4 aliphatic heterocycles. The Bertz CT molecular complexity index is 1400. The topological polar surface area (TPSA) is 170 Å². The first kappa shape index (κ1) is 32.7. The minimum absolute atomic E-state index is 0. The van der Waals surface area contributed by atoms with Crippen LogP contribution in [0.2, 0.25) is 0 Å². The van der Waals surface area contributed by atoms with E-state index in [2.05, 4.69) is 0 Å². The summed E-state index contributed by atoms with van der Waals surface area (Å²) in [5.41, 5.74) is 11.3. The van der Waals surface area contributed by atoms with Crippen molar-refractivity contribution in [2.45, 2.75) is 51.7 Å². The molecule has 4 heterocycles. The lowest BCUT2D eigenvalue weighted by atomic mass is 10.1. The number of rotatable bonds is 7. The Morgan fingerprint density at radius 2 is 1.27 bits per heavy atom. The zero-order chi connectivity index (χ0) is 30.7. The van der Waals surface area contributed by atoms with Gasteiger partial charge in [0, 0.05) is 62.3 Å². The summed E-state index contributed by atoms with van der Waals surface area (Å²) in [4.78, 5) is 54.4. The quantitative estimate of drug-likeness (QED) is 0.477. The van der Waals surface area contributed by atoms with Crippen molar-refractivity contribution in [1.29, 1.82) is 0 Å². The number of anilines is 4. The van der Waals surface area contributed by atoms with E-state index in [0.717, 1.165) is 46.7 Å². The summed E-state index contributed by atoms with van der Waals surface area (Å²) in [5.74, 6) is 0.262. The molecule has 13 nitrogen and oxygen atoms in total. The van der Waals surface area contributed by atoms with Crippen molar-refractivity contribution in [3.05, 3.63) is 47.5 Å². The molecule has 0 saturated carbocycles. The second-order valence-corrected chi connectivity index (χ2v) is 10.8. The van der Waals surface area contributed by atoms with Crippen molar-refractivity contribution in [3.63, 3.8) is 0 Å². The van der Waals surface area contributed by atoms with Crippen LogP contribution in [-0.2, 0) is 36.6 Å². The Hall–Kier alpha value is -4.20. The normalized spacial score (nSPS) is 20.0. The van der Waals surface area contributed by atoms with Gasteiger partial charge in [-0.1, -0.05) is 13.8 Å². The van der Waals surface area contributed by atoms with Gasteiger partial charge in [-0.2, -0.15) is 0 Å². The molecule has 0 aliphatic carbocycles. The molecule has 0 unspecified atom stereocenters. The number of nitrogens with zero attached hydrogens (tertiary/aromatic N) is 4. The van der Waals surface area contributed by atoms with Crippen molar-refractivity contribution in [2.75, 3.05) is 66.0 Å². The lowest BCUT2D eigenvalue weighted by Gasteiger charge is -2.18. The minimum Gasteiger partial charge on any atom is -0.443 e. The Labute approximate surface area is 257 Å². The Morgan fingerprint density at radius 3 is 1.68 bits per heavy atom. The number of hydrogen-bond donors (Lipinski definition) is 2. The highest BCUT2D eigenvalue weighted by molar-refractivity contribution is 5.97. The highest BCUT2D eigenvalue weighted by Gasteiger charge is 2.34. The molecule has 238 valence electrons. The zero-order valence-corrected chi connectivity index (χ0v) is 25.6. The van der Waals surface area contributed by atoms with Gasteiger partial charge in [-0.3, -0.25) is 19.4 Å². The first-order valence-electron chi connectivity index (χ1n) is 14.8. The molecule has 44 heavy (non-hydrogen) atoms. The van der Waals surface area contributed by atoms with Crippen LogP contribution in [0.25, 0.3) is 0 Å². The molecule has 2 atom stereocenters. The van der Waals surface area contributed by atoms with Crippen molar-refractivity contribution in [3.8, 4) is 0 Å². The van der Waals surface area contributed by atoms with Crippen LogP contribution in [0.15, 0.2) is 36.4 Å². The first-order chi connectivity index (χ1) is 20.8. The maximum absolute atomic E-state index is 12.0. The van der Waals surface area contributed by atoms with Gasteiger partial charge in [0.2, 0.25) is 11.8 Å². The van der Waals surface area contributed by atoms with E-state index in [-0.39, 0.29) is 42.4 Å². The monoisotopic (exact) mass is 610 g/mol. The predicted octanol–water partition coefficient (Wildman–Crippen LogP) is 3.39. The standard InChI is InChI=1S/C16H20N2O4.C15H19N3O3.H3N/c1-3-15(19)17-7-6-11-8-12(4-5-14(11)17)18-9-13(10-21-2)22-16(18)20;1-2-14(19)17-6-5-10-7-11(3-4-13(10)17)18-9-12(8-16)21-15(18)20;/h4-5,8,13H,3,6-7,9-10H2,1-2H3;3-4,7,12H,2,5-6,8-9,16H2,1H3;1H3/t13-;12-;/m10./s1. The number of fused-ring (bicyclic) bond motifs is 2. The van der Waals surface area contributed by atoms with Gasteiger partial charge in [0.05, 0.1) is 19.7 Å². The minimum atomic E-state index is -0.357. The number of hydrogen-bond acceptors (Lipinski definition) is 9. The smallest absolute Gasteiger partial charge is 0.414 e. The Kier molecular flexibility index (Phi) is 10.4. The van der Waals surface area contributed by atoms with E-state index >= 15 is 0 Å². The fraction of sp³-hybridized carbons (Fsp3) is 0.484. The summed E-state index contributed by atoms with van der Waals surface area (Å²) in [6, 6.07) is 11.5. The summed E-state index contributed by atoms with van der Waals surface area (Å²) in [6.45, 7) is 6.84.